The topological polar surface area (TPSA) is 49.8 Å². The molecule has 0 bridgehead atoms. The van der Waals surface area contributed by atoms with Crippen molar-refractivity contribution >= 4 is 12.0 Å². The van der Waals surface area contributed by atoms with Crippen LogP contribution in [0, 0.1) is 0 Å². The Morgan fingerprint density at radius 3 is 3.11 bits per heavy atom. The van der Waals surface area contributed by atoms with Crippen LogP contribution < -0.4 is 0 Å². The molecule has 0 saturated carbocycles. The Kier molecular flexibility index (Phi) is 5.12. The molecular weight excluding hydrogens is 242 g/mol. The minimum Gasteiger partial charge on any atom is -0.478 e. The Labute approximate surface area is 113 Å². The minimum atomic E-state index is -0.921. The van der Waals surface area contributed by atoms with E-state index in [-0.39, 0.29) is 0 Å². The van der Waals surface area contributed by atoms with Gasteiger partial charge >= 0.3 is 5.97 Å². The van der Waals surface area contributed by atoms with E-state index >= 15 is 0 Å². The number of nitrogens with zero attached hydrogens (tertiary/aromatic N) is 1. The van der Waals surface area contributed by atoms with Crippen molar-refractivity contribution in [2.24, 2.45) is 0 Å². The third-order valence-corrected chi connectivity index (χ3v) is 3.09. The normalized spacial score (nSPS) is 17.5. The van der Waals surface area contributed by atoms with Gasteiger partial charge in [-0.05, 0) is 23.6 Å². The maximum absolute atomic E-state index is 10.5. The quantitative estimate of drug-likeness (QED) is 0.842. The Hall–Kier alpha value is -1.65. The summed E-state index contributed by atoms with van der Waals surface area (Å²) in [6.45, 7) is 4.53. The number of ether oxygens (including phenoxy) is 1. The zero-order chi connectivity index (χ0) is 13.5. The minimum absolute atomic E-state index is 0.790. The van der Waals surface area contributed by atoms with Crippen LogP contribution in [0.15, 0.2) is 30.3 Å². The van der Waals surface area contributed by atoms with Crippen LogP contribution in [0.4, 0.5) is 0 Å². The van der Waals surface area contributed by atoms with Crippen LogP contribution in [-0.4, -0.2) is 42.3 Å². The summed E-state index contributed by atoms with van der Waals surface area (Å²) < 4.78 is 5.43. The number of carbonyl (C=O) groups is 1. The molecule has 1 aliphatic rings. The summed E-state index contributed by atoms with van der Waals surface area (Å²) in [5.41, 5.74) is 2.13. The lowest BCUT2D eigenvalue weighted by Crippen LogP contribution is -2.25. The van der Waals surface area contributed by atoms with E-state index in [1.165, 1.54) is 11.6 Å². The number of aliphatic carboxylic acids is 1. The fourth-order valence-electron chi connectivity index (χ4n) is 2.18. The molecule has 0 spiro atoms. The molecule has 1 fully saturated rings. The zero-order valence-corrected chi connectivity index (χ0v) is 10.9. The molecule has 1 heterocycles. The molecule has 0 radical (unpaired) electrons. The molecule has 4 nitrogen and oxygen atoms in total. The number of rotatable bonds is 4. The first-order valence-electron chi connectivity index (χ1n) is 6.54. The second-order valence-electron chi connectivity index (χ2n) is 4.66. The van der Waals surface area contributed by atoms with E-state index in [9.17, 15) is 4.79 Å². The average Bonchev–Trinajstić information content (AvgIpc) is 2.65. The van der Waals surface area contributed by atoms with Crippen molar-refractivity contribution < 1.29 is 14.6 Å². The van der Waals surface area contributed by atoms with E-state index in [1.54, 1.807) is 6.08 Å². The molecule has 0 unspecified atom stereocenters. The molecule has 1 aromatic carbocycles. The fourth-order valence-corrected chi connectivity index (χ4v) is 2.18. The molecule has 1 N–H and O–H groups in total. The van der Waals surface area contributed by atoms with Crippen molar-refractivity contribution in [2.75, 3.05) is 26.3 Å². The SMILES string of the molecule is O=C(O)C=Cc1cccc(CN2CCCOCC2)c1. The highest BCUT2D eigenvalue weighted by Crippen LogP contribution is 2.11. The summed E-state index contributed by atoms with van der Waals surface area (Å²) in [5.74, 6) is -0.921. The van der Waals surface area contributed by atoms with Crippen LogP contribution in [0.2, 0.25) is 0 Å². The van der Waals surface area contributed by atoms with Crippen LogP contribution in [0.25, 0.3) is 6.08 Å². The molecule has 0 atom stereocenters. The van der Waals surface area contributed by atoms with Gasteiger partial charge in [-0.15, -0.1) is 0 Å². The highest BCUT2D eigenvalue weighted by atomic mass is 16.5. The number of hydrogen-bond acceptors (Lipinski definition) is 3. The van der Waals surface area contributed by atoms with Gasteiger partial charge in [0.1, 0.15) is 0 Å². The van der Waals surface area contributed by atoms with Gasteiger partial charge < -0.3 is 9.84 Å². The Morgan fingerprint density at radius 1 is 1.37 bits per heavy atom. The summed E-state index contributed by atoms with van der Waals surface area (Å²) in [6, 6.07) is 7.98. The molecule has 1 saturated heterocycles. The van der Waals surface area contributed by atoms with Gasteiger partial charge in [0.25, 0.3) is 0 Å². The van der Waals surface area contributed by atoms with E-state index in [1.807, 2.05) is 18.2 Å². The van der Waals surface area contributed by atoms with Crippen LogP contribution >= 0.6 is 0 Å². The van der Waals surface area contributed by atoms with Gasteiger partial charge in [-0.25, -0.2) is 4.79 Å². The Balaban J connectivity index is 1.99. The van der Waals surface area contributed by atoms with E-state index in [0.29, 0.717) is 0 Å². The highest BCUT2D eigenvalue weighted by molar-refractivity contribution is 5.85. The Bertz CT molecular complexity index is 448. The third-order valence-electron chi connectivity index (χ3n) is 3.09. The van der Waals surface area contributed by atoms with Crippen LogP contribution in [0.3, 0.4) is 0 Å². The van der Waals surface area contributed by atoms with Gasteiger partial charge in [0.15, 0.2) is 0 Å². The van der Waals surface area contributed by atoms with Crippen molar-refractivity contribution in [3.05, 3.63) is 41.5 Å². The van der Waals surface area contributed by atoms with Crippen LogP contribution in [0.5, 0.6) is 0 Å². The van der Waals surface area contributed by atoms with Crippen LogP contribution in [-0.2, 0) is 16.1 Å². The van der Waals surface area contributed by atoms with Crippen molar-refractivity contribution in [3.8, 4) is 0 Å². The van der Waals surface area contributed by atoms with E-state index in [0.717, 1.165) is 44.8 Å². The maximum Gasteiger partial charge on any atom is 0.328 e. The molecule has 102 valence electrons. The molecule has 4 heteroatoms. The second kappa shape index (κ2) is 7.07. The molecule has 2 rings (SSSR count). The molecule has 0 aromatic heterocycles. The lowest BCUT2D eigenvalue weighted by atomic mass is 10.1. The first-order valence-corrected chi connectivity index (χ1v) is 6.54. The predicted octanol–water partition coefficient (Wildman–Crippen LogP) is 2.01. The lowest BCUT2D eigenvalue weighted by Gasteiger charge is -2.19. The van der Waals surface area contributed by atoms with Gasteiger partial charge in [-0.3, -0.25) is 4.90 Å². The molecular formula is C15H19NO3. The van der Waals surface area contributed by atoms with Crippen molar-refractivity contribution in [3.63, 3.8) is 0 Å². The second-order valence-corrected chi connectivity index (χ2v) is 4.66. The summed E-state index contributed by atoms with van der Waals surface area (Å²) in [5, 5.41) is 8.63. The van der Waals surface area contributed by atoms with Crippen molar-refractivity contribution in [1.82, 2.24) is 4.90 Å². The van der Waals surface area contributed by atoms with Crippen LogP contribution in [0.1, 0.15) is 17.5 Å². The van der Waals surface area contributed by atoms with Gasteiger partial charge in [-0.2, -0.15) is 0 Å². The molecule has 1 aliphatic heterocycles. The standard InChI is InChI=1S/C15H19NO3/c17-15(18)6-5-13-3-1-4-14(11-13)12-16-7-2-9-19-10-8-16/h1,3-6,11H,2,7-10,12H2,(H,17,18). The summed E-state index contributed by atoms with van der Waals surface area (Å²) >= 11 is 0. The Morgan fingerprint density at radius 2 is 2.26 bits per heavy atom. The number of benzene rings is 1. The first kappa shape index (κ1) is 13.8. The molecule has 1 aromatic rings. The van der Waals surface area contributed by atoms with E-state index in [4.69, 9.17) is 9.84 Å². The highest BCUT2D eigenvalue weighted by Gasteiger charge is 2.09. The van der Waals surface area contributed by atoms with E-state index < -0.39 is 5.97 Å². The zero-order valence-electron chi connectivity index (χ0n) is 10.9. The van der Waals surface area contributed by atoms with Gasteiger partial charge in [0.05, 0.1) is 6.61 Å². The first-order chi connectivity index (χ1) is 9.24. The lowest BCUT2D eigenvalue weighted by molar-refractivity contribution is -0.131. The fraction of sp³-hybridized carbons (Fsp3) is 0.400. The molecule has 0 amide bonds. The maximum atomic E-state index is 10.5. The number of hydrogen-bond donors (Lipinski definition) is 1. The summed E-state index contributed by atoms with van der Waals surface area (Å²) in [6.07, 6.45) is 3.86. The number of carboxylic acid groups (broad SMARTS) is 1. The van der Waals surface area contributed by atoms with Crippen molar-refractivity contribution in [1.29, 1.82) is 0 Å². The largest absolute Gasteiger partial charge is 0.478 e. The van der Waals surface area contributed by atoms with E-state index in [2.05, 4.69) is 11.0 Å². The van der Waals surface area contributed by atoms with Gasteiger partial charge in [0, 0.05) is 32.3 Å². The van der Waals surface area contributed by atoms with Gasteiger partial charge in [-0.1, -0.05) is 24.3 Å². The third kappa shape index (κ3) is 4.85. The molecule has 19 heavy (non-hydrogen) atoms. The predicted molar refractivity (Wildman–Crippen MR) is 73.8 cm³/mol. The summed E-state index contributed by atoms with van der Waals surface area (Å²) in [4.78, 5) is 12.9. The molecule has 0 aliphatic carbocycles. The smallest absolute Gasteiger partial charge is 0.328 e. The monoisotopic (exact) mass is 261 g/mol. The average molecular weight is 261 g/mol. The van der Waals surface area contributed by atoms with Crippen molar-refractivity contribution in [2.45, 2.75) is 13.0 Å². The van der Waals surface area contributed by atoms with Gasteiger partial charge in [0.2, 0.25) is 0 Å². The summed E-state index contributed by atoms with van der Waals surface area (Å²) in [7, 11) is 0. The number of carboxylic acids is 1.